The van der Waals surface area contributed by atoms with E-state index in [9.17, 15) is 9.59 Å². The van der Waals surface area contributed by atoms with E-state index in [0.717, 1.165) is 12.2 Å². The molecule has 2 rings (SSSR count). The van der Waals surface area contributed by atoms with E-state index in [0.29, 0.717) is 6.54 Å². The van der Waals surface area contributed by atoms with Crippen LogP contribution < -0.4 is 10.6 Å². The van der Waals surface area contributed by atoms with Gasteiger partial charge in [0.15, 0.2) is 0 Å². The minimum absolute atomic E-state index is 0.0769. The normalized spacial score (nSPS) is 20.3. The summed E-state index contributed by atoms with van der Waals surface area (Å²) in [4.78, 5) is 25.4. The average molecular weight is 247 g/mol. The lowest BCUT2D eigenvalue weighted by atomic mass is 10.1. The van der Waals surface area contributed by atoms with Crippen LogP contribution in [-0.2, 0) is 9.59 Å². The molecule has 0 radical (unpaired) electrons. The van der Waals surface area contributed by atoms with Crippen molar-refractivity contribution in [1.29, 1.82) is 0 Å². The minimum Gasteiger partial charge on any atom is -0.353 e. The number of likely N-dealkylation sites (N-methyl/N-ethyl adjacent to an activating group) is 1. The number of carbonyl (C=O) groups excluding carboxylic acids is 2. The highest BCUT2D eigenvalue weighted by Crippen LogP contribution is 2.10. The molecule has 2 amide bonds. The third-order valence-corrected chi connectivity index (χ3v) is 3.03. The molecule has 1 heterocycles. The topological polar surface area (TPSA) is 61.4 Å². The number of amides is 2. The summed E-state index contributed by atoms with van der Waals surface area (Å²) >= 11 is 0. The summed E-state index contributed by atoms with van der Waals surface area (Å²) in [6, 6.07) is 8.87. The van der Waals surface area contributed by atoms with Crippen molar-refractivity contribution in [3.8, 4) is 0 Å². The summed E-state index contributed by atoms with van der Waals surface area (Å²) in [6.45, 7) is 1.42. The largest absolute Gasteiger partial charge is 0.353 e. The first-order chi connectivity index (χ1) is 8.66. The highest BCUT2D eigenvalue weighted by atomic mass is 16.2. The fourth-order valence-electron chi connectivity index (χ4n) is 1.99. The summed E-state index contributed by atoms with van der Waals surface area (Å²) < 4.78 is 0. The van der Waals surface area contributed by atoms with Gasteiger partial charge in [-0.2, -0.15) is 0 Å². The van der Waals surface area contributed by atoms with Crippen LogP contribution in [-0.4, -0.2) is 42.9 Å². The second kappa shape index (κ2) is 5.64. The van der Waals surface area contributed by atoms with E-state index in [2.05, 4.69) is 10.6 Å². The molecule has 1 saturated heterocycles. The zero-order valence-electron chi connectivity index (χ0n) is 10.3. The molecule has 0 saturated carbocycles. The molecule has 1 fully saturated rings. The maximum absolute atomic E-state index is 11.9. The lowest BCUT2D eigenvalue weighted by molar-refractivity contribution is -0.131. The van der Waals surface area contributed by atoms with Crippen molar-refractivity contribution in [2.24, 2.45) is 0 Å². The van der Waals surface area contributed by atoms with E-state index in [1.165, 1.54) is 0 Å². The molecule has 1 aliphatic rings. The van der Waals surface area contributed by atoms with E-state index in [4.69, 9.17) is 0 Å². The Labute approximate surface area is 106 Å². The summed E-state index contributed by atoms with van der Waals surface area (Å²) in [5.41, 5.74) is 0.751. The number of piperazine rings is 1. The summed E-state index contributed by atoms with van der Waals surface area (Å²) in [5, 5.41) is 5.56. The molecular formula is C13H17N3O2. The van der Waals surface area contributed by atoms with E-state index in [1.807, 2.05) is 42.3 Å². The Bertz CT molecular complexity index is 433. The number of hydrogen-bond donors (Lipinski definition) is 2. The van der Waals surface area contributed by atoms with Crippen LogP contribution in [0.3, 0.4) is 0 Å². The van der Waals surface area contributed by atoms with Gasteiger partial charge in [0.05, 0.1) is 12.5 Å². The molecule has 5 nitrogen and oxygen atoms in total. The van der Waals surface area contributed by atoms with Crippen LogP contribution in [0.25, 0.3) is 0 Å². The lowest BCUT2D eigenvalue weighted by Gasteiger charge is -2.31. The van der Waals surface area contributed by atoms with Crippen LogP contribution in [0.15, 0.2) is 30.3 Å². The van der Waals surface area contributed by atoms with Gasteiger partial charge in [-0.25, -0.2) is 0 Å². The SMILES string of the molecule is CN1CCNC(=O)C1CC(=O)Nc1ccccc1. The van der Waals surface area contributed by atoms with Crippen molar-refractivity contribution in [3.05, 3.63) is 30.3 Å². The van der Waals surface area contributed by atoms with Crippen LogP contribution in [0.5, 0.6) is 0 Å². The van der Waals surface area contributed by atoms with Gasteiger partial charge in [-0.1, -0.05) is 18.2 Å². The Morgan fingerprint density at radius 2 is 2.17 bits per heavy atom. The zero-order chi connectivity index (χ0) is 13.0. The van der Waals surface area contributed by atoms with E-state index >= 15 is 0 Å². The van der Waals surface area contributed by atoms with Gasteiger partial charge in [-0.3, -0.25) is 14.5 Å². The lowest BCUT2D eigenvalue weighted by Crippen LogP contribution is -2.54. The van der Waals surface area contributed by atoms with Crippen LogP contribution in [0.2, 0.25) is 0 Å². The number of carbonyl (C=O) groups is 2. The van der Waals surface area contributed by atoms with E-state index < -0.39 is 0 Å². The number of para-hydroxylation sites is 1. The van der Waals surface area contributed by atoms with Crippen LogP contribution >= 0.6 is 0 Å². The number of hydrogen-bond acceptors (Lipinski definition) is 3. The zero-order valence-corrected chi connectivity index (χ0v) is 10.3. The average Bonchev–Trinajstić information content (AvgIpc) is 2.35. The first kappa shape index (κ1) is 12.6. The maximum Gasteiger partial charge on any atom is 0.237 e. The molecule has 1 aromatic rings. The van der Waals surface area contributed by atoms with Crippen molar-refractivity contribution in [2.45, 2.75) is 12.5 Å². The first-order valence-corrected chi connectivity index (χ1v) is 5.99. The summed E-state index contributed by atoms with van der Waals surface area (Å²) in [5.74, 6) is -0.220. The van der Waals surface area contributed by atoms with Gasteiger partial charge in [-0.05, 0) is 19.2 Å². The molecule has 96 valence electrons. The molecule has 0 bridgehead atoms. The third kappa shape index (κ3) is 3.07. The minimum atomic E-state index is -0.373. The Kier molecular flexibility index (Phi) is 3.94. The van der Waals surface area contributed by atoms with Gasteiger partial charge < -0.3 is 10.6 Å². The van der Waals surface area contributed by atoms with Crippen molar-refractivity contribution in [3.63, 3.8) is 0 Å². The quantitative estimate of drug-likeness (QED) is 0.815. The Morgan fingerprint density at radius 1 is 1.44 bits per heavy atom. The van der Waals surface area contributed by atoms with Gasteiger partial charge in [0.1, 0.15) is 0 Å². The van der Waals surface area contributed by atoms with Crippen LogP contribution in [0.4, 0.5) is 5.69 Å². The highest BCUT2D eigenvalue weighted by Gasteiger charge is 2.28. The second-order valence-electron chi connectivity index (χ2n) is 4.41. The number of anilines is 1. The standard InChI is InChI=1S/C13H17N3O2/c1-16-8-7-14-13(18)11(16)9-12(17)15-10-5-3-2-4-6-10/h2-6,11H,7-9H2,1H3,(H,14,18)(H,15,17). The van der Waals surface area contributed by atoms with Crippen LogP contribution in [0, 0.1) is 0 Å². The molecule has 0 aromatic heterocycles. The molecule has 1 aromatic carbocycles. The van der Waals surface area contributed by atoms with E-state index in [-0.39, 0.29) is 24.3 Å². The van der Waals surface area contributed by atoms with Crippen LogP contribution in [0.1, 0.15) is 6.42 Å². The number of benzene rings is 1. The Balaban J connectivity index is 1.92. The van der Waals surface area contributed by atoms with Gasteiger partial charge in [0.2, 0.25) is 11.8 Å². The Hall–Kier alpha value is -1.88. The Morgan fingerprint density at radius 3 is 2.83 bits per heavy atom. The molecule has 1 unspecified atom stereocenters. The fourth-order valence-corrected chi connectivity index (χ4v) is 1.99. The molecule has 0 spiro atoms. The third-order valence-electron chi connectivity index (χ3n) is 3.03. The second-order valence-corrected chi connectivity index (χ2v) is 4.41. The molecule has 0 aliphatic carbocycles. The molecular weight excluding hydrogens is 230 g/mol. The smallest absolute Gasteiger partial charge is 0.237 e. The predicted molar refractivity (Wildman–Crippen MR) is 69.1 cm³/mol. The van der Waals surface area contributed by atoms with Gasteiger partial charge >= 0.3 is 0 Å². The van der Waals surface area contributed by atoms with Crippen molar-refractivity contribution >= 4 is 17.5 Å². The highest BCUT2D eigenvalue weighted by molar-refractivity contribution is 5.95. The van der Waals surface area contributed by atoms with Crippen molar-refractivity contribution in [1.82, 2.24) is 10.2 Å². The monoisotopic (exact) mass is 247 g/mol. The molecule has 1 aliphatic heterocycles. The molecule has 1 atom stereocenters. The first-order valence-electron chi connectivity index (χ1n) is 5.99. The maximum atomic E-state index is 11.9. The van der Waals surface area contributed by atoms with Crippen molar-refractivity contribution in [2.75, 3.05) is 25.5 Å². The van der Waals surface area contributed by atoms with Crippen molar-refractivity contribution < 1.29 is 9.59 Å². The fraction of sp³-hybridized carbons (Fsp3) is 0.385. The summed E-state index contributed by atoms with van der Waals surface area (Å²) in [6.07, 6.45) is 0.178. The predicted octanol–water partition coefficient (Wildman–Crippen LogP) is 0.445. The molecule has 2 N–H and O–H groups in total. The molecule has 18 heavy (non-hydrogen) atoms. The van der Waals surface area contributed by atoms with Gasteiger partial charge in [0, 0.05) is 18.8 Å². The number of nitrogens with one attached hydrogen (secondary N) is 2. The summed E-state index contributed by atoms with van der Waals surface area (Å²) in [7, 11) is 1.86. The number of nitrogens with zero attached hydrogens (tertiary/aromatic N) is 1. The van der Waals surface area contributed by atoms with Gasteiger partial charge in [0.25, 0.3) is 0 Å². The van der Waals surface area contributed by atoms with Gasteiger partial charge in [-0.15, -0.1) is 0 Å². The number of rotatable bonds is 3. The van der Waals surface area contributed by atoms with E-state index in [1.54, 1.807) is 0 Å². The molecule has 5 heteroatoms.